The Morgan fingerprint density at radius 1 is 1.22 bits per heavy atom. The highest BCUT2D eigenvalue weighted by Crippen LogP contribution is 2.47. The van der Waals surface area contributed by atoms with Gasteiger partial charge in [0.1, 0.15) is 5.82 Å². The number of ketones is 1. The summed E-state index contributed by atoms with van der Waals surface area (Å²) in [6.45, 7) is 6.21. The molecule has 1 unspecified atom stereocenters. The lowest BCUT2D eigenvalue weighted by molar-refractivity contribution is -0.118. The molecule has 1 aliphatic carbocycles. The molecule has 1 aromatic carbocycles. The molecule has 2 aromatic rings. The van der Waals surface area contributed by atoms with Crippen molar-refractivity contribution in [3.63, 3.8) is 0 Å². The number of aromatic amines is 1. The highest BCUT2D eigenvalue weighted by Gasteiger charge is 2.42. The quantitative estimate of drug-likeness (QED) is 0.396. The molecule has 0 saturated heterocycles. The summed E-state index contributed by atoms with van der Waals surface area (Å²) in [6.07, 6.45) is 2.07. The fourth-order valence-electron chi connectivity index (χ4n) is 4.42. The Labute approximate surface area is 191 Å². The van der Waals surface area contributed by atoms with Crippen LogP contribution < -0.4 is 10.9 Å². The van der Waals surface area contributed by atoms with Crippen LogP contribution in [0.5, 0.6) is 0 Å². The summed E-state index contributed by atoms with van der Waals surface area (Å²) in [5.74, 6) is 0.395. The molecule has 0 spiro atoms. The molecule has 1 aliphatic heterocycles. The van der Waals surface area contributed by atoms with Crippen LogP contribution in [0.4, 0.5) is 5.82 Å². The Morgan fingerprint density at radius 3 is 2.59 bits per heavy atom. The van der Waals surface area contributed by atoms with Gasteiger partial charge in [-0.1, -0.05) is 44.7 Å². The Hall–Kier alpha value is -2.87. The van der Waals surface area contributed by atoms with Crippen molar-refractivity contribution >= 4 is 29.3 Å². The zero-order valence-electron chi connectivity index (χ0n) is 18.7. The fourth-order valence-corrected chi connectivity index (χ4v) is 5.14. The first-order chi connectivity index (χ1) is 15.2. The summed E-state index contributed by atoms with van der Waals surface area (Å²) < 4.78 is 4.79. The average Bonchev–Trinajstić information content (AvgIpc) is 2.75. The summed E-state index contributed by atoms with van der Waals surface area (Å²) in [7, 11) is 1.33. The second-order valence-corrected chi connectivity index (χ2v) is 10.1. The number of nitrogens with one attached hydrogen (secondary N) is 2. The normalized spacial score (nSPS) is 19.1. The molecule has 0 fully saturated rings. The Kier molecular flexibility index (Phi) is 5.99. The Morgan fingerprint density at radius 2 is 1.94 bits per heavy atom. The van der Waals surface area contributed by atoms with Crippen LogP contribution >= 0.6 is 11.8 Å². The van der Waals surface area contributed by atoms with E-state index in [0.717, 1.165) is 23.4 Å². The smallest absolute Gasteiger partial charge is 0.337 e. The number of esters is 1. The zero-order valence-corrected chi connectivity index (χ0v) is 19.5. The van der Waals surface area contributed by atoms with Gasteiger partial charge in [0.2, 0.25) is 0 Å². The van der Waals surface area contributed by atoms with E-state index in [4.69, 9.17) is 4.74 Å². The van der Waals surface area contributed by atoms with Gasteiger partial charge >= 0.3 is 5.97 Å². The van der Waals surface area contributed by atoms with Crippen molar-refractivity contribution in [1.82, 2.24) is 9.97 Å². The number of nitrogens with zero attached hydrogens (tertiary/aromatic N) is 1. The molecule has 0 amide bonds. The number of ether oxygens (including phenoxy) is 1. The molecule has 0 saturated carbocycles. The minimum atomic E-state index is -0.543. The molecule has 1 atom stereocenters. The maximum absolute atomic E-state index is 13.3. The van der Waals surface area contributed by atoms with E-state index in [1.807, 2.05) is 0 Å². The van der Waals surface area contributed by atoms with Gasteiger partial charge in [-0.3, -0.25) is 9.59 Å². The van der Waals surface area contributed by atoms with Crippen molar-refractivity contribution in [1.29, 1.82) is 0 Å². The number of rotatable bonds is 5. The summed E-state index contributed by atoms with van der Waals surface area (Å²) in [5, 5.41) is 3.88. The number of carbonyl (C=O) groups is 2. The first-order valence-electron chi connectivity index (χ1n) is 10.7. The van der Waals surface area contributed by atoms with Crippen molar-refractivity contribution < 1.29 is 14.3 Å². The van der Waals surface area contributed by atoms with Gasteiger partial charge < -0.3 is 15.0 Å². The SMILES string of the molecule is CCCSc1nc2c(c(=O)[nH]1)C(c1ccc(C(=O)OC)cc1)C1=C(CC(C)(C)CC1=O)N2. The molecule has 2 heterocycles. The molecule has 0 bridgehead atoms. The van der Waals surface area contributed by atoms with Crippen LogP contribution in [0.1, 0.15) is 67.4 Å². The molecular formula is C24H27N3O4S. The lowest BCUT2D eigenvalue weighted by Crippen LogP contribution is -2.37. The topological polar surface area (TPSA) is 101 Å². The molecule has 168 valence electrons. The fraction of sp³-hybridized carbons (Fsp3) is 0.417. The van der Waals surface area contributed by atoms with Crippen LogP contribution in [0.3, 0.4) is 0 Å². The number of thioether (sulfide) groups is 1. The molecule has 4 rings (SSSR count). The van der Waals surface area contributed by atoms with Crippen molar-refractivity contribution in [2.24, 2.45) is 5.41 Å². The van der Waals surface area contributed by atoms with Gasteiger partial charge in [-0.15, -0.1) is 0 Å². The molecule has 2 N–H and O–H groups in total. The number of benzene rings is 1. The van der Waals surface area contributed by atoms with Crippen molar-refractivity contribution in [2.45, 2.75) is 51.1 Å². The van der Waals surface area contributed by atoms with E-state index in [2.05, 4.69) is 36.1 Å². The Balaban J connectivity index is 1.87. The standard InChI is InChI=1S/C24H27N3O4S/c1-5-10-32-23-26-20-19(21(29)27-23)17(13-6-8-14(9-7-13)22(30)31-4)18-15(25-20)11-24(2,3)12-16(18)28/h6-9,17H,5,10-12H2,1-4H3,(H2,25,26,27,29). The van der Waals surface area contributed by atoms with Crippen LogP contribution in [0.2, 0.25) is 0 Å². The number of hydrogen-bond acceptors (Lipinski definition) is 7. The number of hydrogen-bond donors (Lipinski definition) is 2. The van der Waals surface area contributed by atoms with Crippen molar-refractivity contribution in [3.05, 3.63) is 62.6 Å². The largest absolute Gasteiger partial charge is 0.465 e. The van der Waals surface area contributed by atoms with Gasteiger partial charge in [0, 0.05) is 29.4 Å². The molecule has 0 radical (unpaired) electrons. The van der Waals surface area contributed by atoms with E-state index >= 15 is 0 Å². The summed E-state index contributed by atoms with van der Waals surface area (Å²) in [6, 6.07) is 6.88. The van der Waals surface area contributed by atoms with Gasteiger partial charge in [0.15, 0.2) is 10.9 Å². The van der Waals surface area contributed by atoms with Crippen LogP contribution in [0.25, 0.3) is 0 Å². The molecular weight excluding hydrogens is 426 g/mol. The van der Waals surface area contributed by atoms with Crippen molar-refractivity contribution in [2.75, 3.05) is 18.2 Å². The van der Waals surface area contributed by atoms with E-state index in [0.29, 0.717) is 40.5 Å². The van der Waals surface area contributed by atoms with Crippen LogP contribution in [0.15, 0.2) is 45.5 Å². The number of methoxy groups -OCH3 is 1. The number of carbonyl (C=O) groups excluding carboxylic acids is 2. The lowest BCUT2D eigenvalue weighted by Gasteiger charge is -2.38. The summed E-state index contributed by atoms with van der Waals surface area (Å²) in [5.41, 5.74) is 2.61. The predicted molar refractivity (Wildman–Crippen MR) is 124 cm³/mol. The van der Waals surface area contributed by atoms with Gasteiger partial charge in [-0.2, -0.15) is 0 Å². The highest BCUT2D eigenvalue weighted by molar-refractivity contribution is 7.99. The molecule has 2 aliphatic rings. The number of allylic oxidation sites excluding steroid dienone is 2. The van der Waals surface area contributed by atoms with Crippen LogP contribution in [-0.2, 0) is 9.53 Å². The minimum absolute atomic E-state index is 0.0280. The predicted octanol–water partition coefficient (Wildman–Crippen LogP) is 4.26. The van der Waals surface area contributed by atoms with Crippen LogP contribution in [0, 0.1) is 5.41 Å². The molecule has 7 nitrogen and oxygen atoms in total. The Bertz CT molecular complexity index is 1160. The van der Waals surface area contributed by atoms with E-state index in [-0.39, 0.29) is 16.8 Å². The van der Waals surface area contributed by atoms with Gasteiger partial charge in [-0.25, -0.2) is 9.78 Å². The number of fused-ring (bicyclic) bond motifs is 1. The van der Waals surface area contributed by atoms with E-state index < -0.39 is 11.9 Å². The van der Waals surface area contributed by atoms with Gasteiger partial charge in [0.05, 0.1) is 18.2 Å². The minimum Gasteiger partial charge on any atom is -0.465 e. The first kappa shape index (κ1) is 22.3. The number of aromatic nitrogens is 2. The summed E-state index contributed by atoms with van der Waals surface area (Å²) >= 11 is 1.50. The number of anilines is 1. The van der Waals surface area contributed by atoms with E-state index in [1.165, 1.54) is 18.9 Å². The van der Waals surface area contributed by atoms with E-state index in [1.54, 1.807) is 24.3 Å². The third kappa shape index (κ3) is 4.11. The third-order valence-corrected chi connectivity index (χ3v) is 6.89. The highest BCUT2D eigenvalue weighted by atomic mass is 32.2. The zero-order chi connectivity index (χ0) is 23.0. The summed E-state index contributed by atoms with van der Waals surface area (Å²) in [4.78, 5) is 45.9. The van der Waals surface area contributed by atoms with E-state index in [9.17, 15) is 14.4 Å². The van der Waals surface area contributed by atoms with Crippen molar-refractivity contribution in [3.8, 4) is 0 Å². The number of H-pyrrole nitrogens is 1. The third-order valence-electron chi connectivity index (χ3n) is 5.81. The molecule has 8 heteroatoms. The van der Waals surface area contributed by atoms with Gasteiger partial charge in [0.25, 0.3) is 5.56 Å². The second-order valence-electron chi connectivity index (χ2n) is 8.99. The molecule has 32 heavy (non-hydrogen) atoms. The average molecular weight is 454 g/mol. The molecule has 1 aromatic heterocycles. The lowest BCUT2D eigenvalue weighted by atomic mass is 9.69. The van der Waals surface area contributed by atoms with Crippen LogP contribution in [-0.4, -0.2) is 34.6 Å². The maximum Gasteiger partial charge on any atom is 0.337 e. The monoisotopic (exact) mass is 453 g/mol. The maximum atomic E-state index is 13.3. The second kappa shape index (κ2) is 8.58. The first-order valence-corrected chi connectivity index (χ1v) is 11.7. The number of Topliss-reactive ketones (excluding diaryl/α,β-unsaturated/α-hetero) is 1. The van der Waals surface area contributed by atoms with Gasteiger partial charge in [-0.05, 0) is 36.0 Å².